The molecule has 98 valence electrons. The molecule has 0 radical (unpaired) electrons. The number of hydrogen-bond donors (Lipinski definition) is 1. The summed E-state index contributed by atoms with van der Waals surface area (Å²) in [4.78, 5) is 15.8. The van der Waals surface area contributed by atoms with Crippen LogP contribution in [0.5, 0.6) is 0 Å². The number of benzene rings is 1. The van der Waals surface area contributed by atoms with Gasteiger partial charge in [-0.1, -0.05) is 41.9 Å². The molecule has 0 fully saturated rings. The number of amides is 1. The maximum Gasteiger partial charge on any atom is 0.269 e. The van der Waals surface area contributed by atoms with Crippen LogP contribution in [-0.2, 0) is 6.42 Å². The molecule has 1 aromatic heterocycles. The third-order valence-corrected chi connectivity index (χ3v) is 2.96. The number of nitrogens with zero attached hydrogens (tertiary/aromatic N) is 1. The highest BCUT2D eigenvalue weighted by molar-refractivity contribution is 6.30. The maximum absolute atomic E-state index is 11.8. The number of nitrogens with one attached hydrogen (secondary N) is 1. The Hall–Kier alpha value is -1.87. The summed E-state index contributed by atoms with van der Waals surface area (Å²) in [5.74, 6) is -0.185. The number of carbonyl (C=O) groups excluding carboxylic acids is 1. The van der Waals surface area contributed by atoms with E-state index in [0.29, 0.717) is 17.3 Å². The summed E-state index contributed by atoms with van der Waals surface area (Å²) in [5, 5.41) is 3.35. The molecule has 2 aromatic rings. The molecule has 19 heavy (non-hydrogen) atoms. The predicted octanol–water partition coefficient (Wildman–Crippen LogP) is 3.10. The fraction of sp³-hybridized carbons (Fsp3) is 0.200. The van der Waals surface area contributed by atoms with Crippen molar-refractivity contribution in [3.63, 3.8) is 0 Å². The van der Waals surface area contributed by atoms with Crippen LogP contribution in [0.15, 0.2) is 48.7 Å². The van der Waals surface area contributed by atoms with Crippen LogP contribution in [-0.4, -0.2) is 17.4 Å². The highest BCUT2D eigenvalue weighted by Gasteiger charge is 2.06. The number of carbonyl (C=O) groups is 1. The van der Waals surface area contributed by atoms with Crippen molar-refractivity contribution in [1.82, 2.24) is 10.3 Å². The predicted molar refractivity (Wildman–Crippen MR) is 76.3 cm³/mol. The lowest BCUT2D eigenvalue weighted by Gasteiger charge is -2.05. The van der Waals surface area contributed by atoms with Gasteiger partial charge < -0.3 is 5.32 Å². The van der Waals surface area contributed by atoms with Crippen molar-refractivity contribution in [3.05, 3.63) is 64.9 Å². The van der Waals surface area contributed by atoms with Gasteiger partial charge >= 0.3 is 0 Å². The minimum absolute atomic E-state index is 0.185. The zero-order chi connectivity index (χ0) is 13.5. The van der Waals surface area contributed by atoms with Gasteiger partial charge in [-0.3, -0.25) is 9.78 Å². The van der Waals surface area contributed by atoms with E-state index in [-0.39, 0.29) is 5.91 Å². The fourth-order valence-corrected chi connectivity index (χ4v) is 1.92. The first-order chi connectivity index (χ1) is 9.25. The van der Waals surface area contributed by atoms with Crippen LogP contribution in [0.25, 0.3) is 0 Å². The van der Waals surface area contributed by atoms with Gasteiger partial charge in [0.05, 0.1) is 0 Å². The van der Waals surface area contributed by atoms with Gasteiger partial charge in [0, 0.05) is 17.8 Å². The van der Waals surface area contributed by atoms with Crippen LogP contribution in [0.4, 0.5) is 0 Å². The van der Waals surface area contributed by atoms with Gasteiger partial charge in [-0.2, -0.15) is 0 Å². The van der Waals surface area contributed by atoms with Crippen LogP contribution in [0.2, 0.25) is 5.02 Å². The number of aryl methyl sites for hydroxylation is 1. The minimum Gasteiger partial charge on any atom is -0.351 e. The molecule has 0 bridgehead atoms. The van der Waals surface area contributed by atoms with Crippen molar-refractivity contribution in [2.75, 3.05) is 6.54 Å². The highest BCUT2D eigenvalue weighted by atomic mass is 35.5. The number of aromatic nitrogens is 1. The number of pyridine rings is 1. The molecule has 0 saturated carbocycles. The summed E-state index contributed by atoms with van der Waals surface area (Å²) < 4.78 is 0. The van der Waals surface area contributed by atoms with Crippen LogP contribution >= 0.6 is 11.6 Å². The van der Waals surface area contributed by atoms with Crippen molar-refractivity contribution < 1.29 is 4.79 Å². The Morgan fingerprint density at radius 3 is 2.74 bits per heavy atom. The van der Waals surface area contributed by atoms with E-state index >= 15 is 0 Å². The van der Waals surface area contributed by atoms with E-state index in [9.17, 15) is 4.79 Å². The molecule has 0 saturated heterocycles. The van der Waals surface area contributed by atoms with Gasteiger partial charge in [0.15, 0.2) is 0 Å². The Balaban J connectivity index is 1.75. The van der Waals surface area contributed by atoms with Gasteiger partial charge in [-0.05, 0) is 30.5 Å². The average molecular weight is 275 g/mol. The third-order valence-electron chi connectivity index (χ3n) is 2.73. The van der Waals surface area contributed by atoms with Gasteiger partial charge in [0.25, 0.3) is 5.91 Å². The summed E-state index contributed by atoms with van der Waals surface area (Å²) in [6, 6.07) is 13.4. The normalized spacial score (nSPS) is 10.2. The Morgan fingerprint density at radius 2 is 2.00 bits per heavy atom. The quantitative estimate of drug-likeness (QED) is 0.852. The van der Waals surface area contributed by atoms with E-state index in [1.807, 2.05) is 18.2 Å². The summed E-state index contributed by atoms with van der Waals surface area (Å²) in [5.41, 5.74) is 1.63. The average Bonchev–Trinajstić information content (AvgIpc) is 2.44. The fourth-order valence-electron chi connectivity index (χ4n) is 1.76. The smallest absolute Gasteiger partial charge is 0.269 e. The Labute approximate surface area is 117 Å². The molecule has 1 N–H and O–H groups in total. The van der Waals surface area contributed by atoms with E-state index in [2.05, 4.69) is 22.4 Å². The number of halogens is 1. The number of hydrogen-bond acceptors (Lipinski definition) is 2. The second-order valence-corrected chi connectivity index (χ2v) is 4.64. The van der Waals surface area contributed by atoms with Crippen LogP contribution in [0.3, 0.4) is 0 Å². The lowest BCUT2D eigenvalue weighted by molar-refractivity contribution is 0.0948. The molecule has 0 aliphatic carbocycles. The Kier molecular flexibility index (Phi) is 4.93. The molecule has 0 aliphatic rings. The van der Waals surface area contributed by atoms with Gasteiger partial charge in [-0.15, -0.1) is 0 Å². The summed E-state index contributed by atoms with van der Waals surface area (Å²) in [6.45, 7) is 0.627. The minimum atomic E-state index is -0.185. The summed E-state index contributed by atoms with van der Waals surface area (Å²) >= 11 is 5.81. The molecule has 0 atom stereocenters. The molecule has 1 aromatic carbocycles. The van der Waals surface area contributed by atoms with E-state index in [1.54, 1.807) is 12.1 Å². The molecule has 3 nitrogen and oxygen atoms in total. The SMILES string of the molecule is O=C(NCCCc1ccccc1)c1cc(Cl)ccn1. The van der Waals surface area contributed by atoms with Crippen LogP contribution in [0, 0.1) is 0 Å². The van der Waals surface area contributed by atoms with E-state index < -0.39 is 0 Å². The summed E-state index contributed by atoms with van der Waals surface area (Å²) in [6.07, 6.45) is 3.38. The topological polar surface area (TPSA) is 42.0 Å². The molecular formula is C15H15ClN2O. The first-order valence-electron chi connectivity index (χ1n) is 6.19. The van der Waals surface area contributed by atoms with Crippen molar-refractivity contribution in [3.8, 4) is 0 Å². The van der Waals surface area contributed by atoms with Gasteiger partial charge in [-0.25, -0.2) is 0 Å². The monoisotopic (exact) mass is 274 g/mol. The van der Waals surface area contributed by atoms with E-state index in [1.165, 1.54) is 11.8 Å². The second-order valence-electron chi connectivity index (χ2n) is 4.20. The van der Waals surface area contributed by atoms with Gasteiger partial charge in [0.1, 0.15) is 5.69 Å². The Bertz CT molecular complexity index is 543. The largest absolute Gasteiger partial charge is 0.351 e. The maximum atomic E-state index is 11.8. The van der Waals surface area contributed by atoms with Crippen molar-refractivity contribution in [2.24, 2.45) is 0 Å². The standard InChI is InChI=1S/C15H15ClN2O/c16-13-8-10-17-14(11-13)15(19)18-9-4-7-12-5-2-1-3-6-12/h1-3,5-6,8,10-11H,4,7,9H2,(H,18,19). The van der Waals surface area contributed by atoms with Crippen molar-refractivity contribution in [2.45, 2.75) is 12.8 Å². The van der Waals surface area contributed by atoms with E-state index in [4.69, 9.17) is 11.6 Å². The summed E-state index contributed by atoms with van der Waals surface area (Å²) in [7, 11) is 0. The zero-order valence-corrected chi connectivity index (χ0v) is 11.2. The molecular weight excluding hydrogens is 260 g/mol. The third kappa shape index (κ3) is 4.38. The Morgan fingerprint density at radius 1 is 1.21 bits per heavy atom. The lowest BCUT2D eigenvalue weighted by atomic mass is 10.1. The van der Waals surface area contributed by atoms with Crippen LogP contribution in [0.1, 0.15) is 22.5 Å². The van der Waals surface area contributed by atoms with Crippen LogP contribution < -0.4 is 5.32 Å². The van der Waals surface area contributed by atoms with Crippen molar-refractivity contribution in [1.29, 1.82) is 0 Å². The molecule has 0 spiro atoms. The second kappa shape index (κ2) is 6.90. The molecule has 1 heterocycles. The first kappa shape index (κ1) is 13.6. The molecule has 4 heteroatoms. The van der Waals surface area contributed by atoms with Gasteiger partial charge in [0.2, 0.25) is 0 Å². The lowest BCUT2D eigenvalue weighted by Crippen LogP contribution is -2.25. The zero-order valence-electron chi connectivity index (χ0n) is 10.5. The molecule has 0 unspecified atom stereocenters. The van der Waals surface area contributed by atoms with E-state index in [0.717, 1.165) is 12.8 Å². The molecule has 1 amide bonds. The van der Waals surface area contributed by atoms with Crippen molar-refractivity contribution >= 4 is 17.5 Å². The molecule has 0 aliphatic heterocycles. The first-order valence-corrected chi connectivity index (χ1v) is 6.57. The highest BCUT2D eigenvalue weighted by Crippen LogP contribution is 2.07. The molecule has 2 rings (SSSR count). The number of rotatable bonds is 5.